The molecule has 68 valence electrons. The van der Waals surface area contributed by atoms with E-state index in [1.807, 2.05) is 29.6 Å². The second-order valence-corrected chi connectivity index (χ2v) is 5.19. The van der Waals surface area contributed by atoms with Crippen molar-refractivity contribution in [2.45, 2.75) is 19.6 Å². The third kappa shape index (κ3) is 2.14. The maximum atomic E-state index is 3.12. The van der Waals surface area contributed by atoms with Crippen LogP contribution < -0.4 is 18.9 Å². The van der Waals surface area contributed by atoms with E-state index in [0.717, 1.165) is 0 Å². The van der Waals surface area contributed by atoms with E-state index in [1.54, 1.807) is 0 Å². The SMILES string of the molecule is [Li+].[c-]1ccc2c(c1)Sc1ccccc1S2. The predicted octanol–water partition coefficient (Wildman–Crippen LogP) is 1.11. The monoisotopic (exact) mass is 222 g/mol. The molecule has 0 radical (unpaired) electrons. The molecule has 0 spiro atoms. The fourth-order valence-corrected chi connectivity index (χ4v) is 3.62. The van der Waals surface area contributed by atoms with Crippen LogP contribution in [0, 0.1) is 6.07 Å². The molecule has 0 unspecified atom stereocenters. The van der Waals surface area contributed by atoms with E-state index in [2.05, 4.69) is 42.5 Å². The number of rotatable bonds is 0. The average Bonchev–Trinajstić information content (AvgIpc) is 2.26. The Kier molecular flexibility index (Phi) is 3.53. The molecule has 1 aliphatic rings. The number of benzene rings is 2. The minimum Gasteiger partial charge on any atom is -0.183 e. The Bertz CT molecular complexity index is 395. The molecule has 0 aliphatic carbocycles. The Hall–Kier alpha value is -0.263. The van der Waals surface area contributed by atoms with Gasteiger partial charge in [-0.15, -0.1) is 11.8 Å². The van der Waals surface area contributed by atoms with E-state index in [0.29, 0.717) is 0 Å². The van der Waals surface area contributed by atoms with Crippen LogP contribution >= 0.6 is 23.5 Å². The molecule has 3 rings (SSSR count). The molecule has 0 nitrogen and oxygen atoms in total. The normalized spacial score (nSPS) is 12.3. The van der Waals surface area contributed by atoms with Crippen molar-refractivity contribution >= 4 is 23.5 Å². The summed E-state index contributed by atoms with van der Waals surface area (Å²) < 4.78 is 0. The Morgan fingerprint density at radius 3 is 2.13 bits per heavy atom. The molecule has 0 saturated heterocycles. The second-order valence-electron chi connectivity index (χ2n) is 3.02. The van der Waals surface area contributed by atoms with E-state index in [9.17, 15) is 0 Å². The van der Waals surface area contributed by atoms with Gasteiger partial charge in [0.1, 0.15) is 0 Å². The van der Waals surface area contributed by atoms with Crippen LogP contribution in [0.4, 0.5) is 0 Å². The average molecular weight is 222 g/mol. The molecule has 1 aliphatic heterocycles. The van der Waals surface area contributed by atoms with Crippen LogP contribution in [0.2, 0.25) is 0 Å². The van der Waals surface area contributed by atoms with Crippen LogP contribution in [0.3, 0.4) is 0 Å². The van der Waals surface area contributed by atoms with Crippen LogP contribution in [-0.2, 0) is 0 Å². The fourth-order valence-electron chi connectivity index (χ4n) is 1.42. The first kappa shape index (κ1) is 11.2. The summed E-state index contributed by atoms with van der Waals surface area (Å²) in [7, 11) is 0. The summed E-state index contributed by atoms with van der Waals surface area (Å²) in [4.78, 5) is 5.37. The zero-order valence-electron chi connectivity index (χ0n) is 8.36. The van der Waals surface area contributed by atoms with Crippen molar-refractivity contribution in [2.24, 2.45) is 0 Å². The van der Waals surface area contributed by atoms with Gasteiger partial charge in [-0.3, -0.25) is 0 Å². The van der Waals surface area contributed by atoms with Crippen LogP contribution in [0.15, 0.2) is 62.0 Å². The number of fused-ring (bicyclic) bond motifs is 2. The minimum absolute atomic E-state index is 0. The molecular formula is C12H7LiS2. The standard InChI is InChI=1S/C12H7S2.Li/c1-2-6-10-9(5-1)13-11-7-3-4-8-12(11)14-10;/h1-3,5-8H;/q-1;+1. The van der Waals surface area contributed by atoms with Crippen molar-refractivity contribution in [3.8, 4) is 0 Å². The maximum Gasteiger partial charge on any atom is 1.00 e. The molecule has 0 saturated carbocycles. The Labute approximate surface area is 110 Å². The fraction of sp³-hybridized carbons (Fsp3) is 0. The first-order valence-corrected chi connectivity index (χ1v) is 6.01. The third-order valence-corrected chi connectivity index (χ3v) is 4.62. The van der Waals surface area contributed by atoms with Crippen LogP contribution in [0.25, 0.3) is 0 Å². The first-order valence-electron chi connectivity index (χ1n) is 4.38. The summed E-state index contributed by atoms with van der Waals surface area (Å²) in [5.74, 6) is 0. The quantitative estimate of drug-likeness (QED) is 0.413. The van der Waals surface area contributed by atoms with Crippen molar-refractivity contribution in [2.75, 3.05) is 0 Å². The summed E-state index contributed by atoms with van der Waals surface area (Å²) in [6.07, 6.45) is 0. The Balaban J connectivity index is 0.000000853. The van der Waals surface area contributed by atoms with Gasteiger partial charge in [0.2, 0.25) is 0 Å². The van der Waals surface area contributed by atoms with Gasteiger partial charge in [-0.05, 0) is 12.1 Å². The summed E-state index contributed by atoms with van der Waals surface area (Å²) in [5, 5.41) is 0. The molecule has 0 bridgehead atoms. The van der Waals surface area contributed by atoms with Crippen molar-refractivity contribution in [1.29, 1.82) is 0 Å². The molecule has 0 amide bonds. The number of hydrogen-bond acceptors (Lipinski definition) is 2. The molecule has 0 N–H and O–H groups in total. The second kappa shape index (κ2) is 4.72. The molecule has 0 fully saturated rings. The molecule has 2 aromatic rings. The molecule has 3 heteroatoms. The molecule has 15 heavy (non-hydrogen) atoms. The first-order chi connectivity index (χ1) is 6.93. The molecular weight excluding hydrogens is 215 g/mol. The smallest absolute Gasteiger partial charge is 0.183 e. The van der Waals surface area contributed by atoms with Crippen molar-refractivity contribution < 1.29 is 18.9 Å². The van der Waals surface area contributed by atoms with E-state index in [-0.39, 0.29) is 18.9 Å². The predicted molar refractivity (Wildman–Crippen MR) is 60.0 cm³/mol. The van der Waals surface area contributed by atoms with E-state index >= 15 is 0 Å². The summed E-state index contributed by atoms with van der Waals surface area (Å²) in [5.41, 5.74) is 0. The molecule has 2 aromatic carbocycles. The van der Waals surface area contributed by atoms with Gasteiger partial charge in [-0.25, -0.2) is 0 Å². The van der Waals surface area contributed by atoms with E-state index < -0.39 is 0 Å². The van der Waals surface area contributed by atoms with Crippen LogP contribution in [-0.4, -0.2) is 0 Å². The van der Waals surface area contributed by atoms with E-state index in [1.165, 1.54) is 19.6 Å². The Morgan fingerprint density at radius 2 is 1.40 bits per heavy atom. The van der Waals surface area contributed by atoms with Gasteiger partial charge in [0.05, 0.1) is 0 Å². The largest absolute Gasteiger partial charge is 1.00 e. The van der Waals surface area contributed by atoms with Crippen LogP contribution in [0.5, 0.6) is 0 Å². The number of hydrogen-bond donors (Lipinski definition) is 0. The summed E-state index contributed by atoms with van der Waals surface area (Å²) >= 11 is 3.67. The van der Waals surface area contributed by atoms with E-state index in [4.69, 9.17) is 0 Å². The van der Waals surface area contributed by atoms with Gasteiger partial charge in [-0.1, -0.05) is 21.9 Å². The van der Waals surface area contributed by atoms with Crippen molar-refractivity contribution in [3.63, 3.8) is 0 Å². The van der Waals surface area contributed by atoms with Crippen molar-refractivity contribution in [1.82, 2.24) is 0 Å². The molecule has 0 aromatic heterocycles. The van der Waals surface area contributed by atoms with Crippen molar-refractivity contribution in [3.05, 3.63) is 48.5 Å². The van der Waals surface area contributed by atoms with Crippen LogP contribution in [0.1, 0.15) is 0 Å². The Morgan fingerprint density at radius 1 is 0.800 bits per heavy atom. The van der Waals surface area contributed by atoms with Gasteiger partial charge >= 0.3 is 18.9 Å². The zero-order valence-corrected chi connectivity index (χ0v) is 9.99. The molecule has 0 atom stereocenters. The molecule has 1 heterocycles. The zero-order chi connectivity index (χ0) is 9.38. The minimum atomic E-state index is 0. The van der Waals surface area contributed by atoms with Gasteiger partial charge in [0.25, 0.3) is 0 Å². The van der Waals surface area contributed by atoms with Gasteiger partial charge < -0.3 is 0 Å². The van der Waals surface area contributed by atoms with Gasteiger partial charge in [0.15, 0.2) is 0 Å². The van der Waals surface area contributed by atoms with Gasteiger partial charge in [-0.2, -0.15) is 36.0 Å². The topological polar surface area (TPSA) is 0 Å². The third-order valence-electron chi connectivity index (χ3n) is 2.08. The summed E-state index contributed by atoms with van der Waals surface area (Å²) in [6.45, 7) is 0. The maximum absolute atomic E-state index is 3.12. The summed E-state index contributed by atoms with van der Waals surface area (Å²) in [6, 6.07) is 17.8. The van der Waals surface area contributed by atoms with Gasteiger partial charge in [0, 0.05) is 9.79 Å².